The number of carbonyl (C=O) groups is 1. The van der Waals surface area contributed by atoms with Crippen molar-refractivity contribution in [2.75, 3.05) is 12.9 Å². The van der Waals surface area contributed by atoms with Gasteiger partial charge in [-0.2, -0.15) is 0 Å². The number of benzene rings is 2. The number of nitrogens with zero attached hydrogens (tertiary/aromatic N) is 2. The third-order valence-electron chi connectivity index (χ3n) is 3.98. The fourth-order valence-corrected chi connectivity index (χ4v) is 4.49. The number of aromatic nitrogens is 2. The van der Waals surface area contributed by atoms with E-state index in [1.54, 1.807) is 18.4 Å². The second kappa shape index (κ2) is 8.45. The van der Waals surface area contributed by atoms with E-state index >= 15 is 0 Å². The molecule has 0 aliphatic heterocycles. The number of hydrogen-bond donors (Lipinski definition) is 1. The lowest BCUT2D eigenvalue weighted by molar-refractivity contribution is -0.118. The standard InChI is InChI=1S/C20H17N3O3S2/c1-25-15-6-4-5-13(9-15)17-10-14(23-26-17)11-21-19(24)12-27-20-22-16-7-2-3-8-18(16)28-20/h2-10H,11-12H2,1H3,(H,21,24). The van der Waals surface area contributed by atoms with E-state index < -0.39 is 0 Å². The molecule has 0 saturated heterocycles. The molecule has 142 valence electrons. The zero-order valence-electron chi connectivity index (χ0n) is 15.0. The zero-order valence-corrected chi connectivity index (χ0v) is 16.7. The Morgan fingerprint density at radius 2 is 2.11 bits per heavy atom. The molecule has 1 amide bonds. The molecule has 0 fully saturated rings. The van der Waals surface area contributed by atoms with E-state index in [-0.39, 0.29) is 5.91 Å². The Labute approximate surface area is 169 Å². The molecule has 2 heterocycles. The van der Waals surface area contributed by atoms with Crippen LogP contribution in [0.4, 0.5) is 0 Å². The van der Waals surface area contributed by atoms with E-state index in [1.165, 1.54) is 11.8 Å². The Hall–Kier alpha value is -2.84. The van der Waals surface area contributed by atoms with Gasteiger partial charge >= 0.3 is 0 Å². The van der Waals surface area contributed by atoms with E-state index in [0.717, 1.165) is 25.9 Å². The van der Waals surface area contributed by atoms with Gasteiger partial charge in [-0.1, -0.05) is 41.2 Å². The van der Waals surface area contributed by atoms with Crippen LogP contribution in [0, 0.1) is 0 Å². The summed E-state index contributed by atoms with van der Waals surface area (Å²) in [6.45, 7) is 0.312. The van der Waals surface area contributed by atoms with E-state index in [1.807, 2.05) is 54.6 Å². The molecule has 8 heteroatoms. The average molecular weight is 412 g/mol. The highest BCUT2D eigenvalue weighted by Gasteiger charge is 2.11. The molecule has 0 unspecified atom stereocenters. The third kappa shape index (κ3) is 4.35. The summed E-state index contributed by atoms with van der Waals surface area (Å²) in [5, 5.41) is 6.88. The highest BCUT2D eigenvalue weighted by atomic mass is 32.2. The number of thioether (sulfide) groups is 1. The summed E-state index contributed by atoms with van der Waals surface area (Å²) < 4.78 is 12.6. The molecular weight excluding hydrogens is 394 g/mol. The monoisotopic (exact) mass is 411 g/mol. The summed E-state index contributed by atoms with van der Waals surface area (Å²) in [6.07, 6.45) is 0. The fraction of sp³-hybridized carbons (Fsp3) is 0.150. The van der Waals surface area contributed by atoms with Gasteiger partial charge in [0.15, 0.2) is 10.1 Å². The molecule has 0 bridgehead atoms. The Morgan fingerprint density at radius 1 is 1.21 bits per heavy atom. The van der Waals surface area contributed by atoms with Crippen molar-refractivity contribution in [3.63, 3.8) is 0 Å². The van der Waals surface area contributed by atoms with Gasteiger partial charge in [-0.3, -0.25) is 4.79 Å². The van der Waals surface area contributed by atoms with Crippen LogP contribution in [0.3, 0.4) is 0 Å². The van der Waals surface area contributed by atoms with Crippen molar-refractivity contribution in [3.05, 3.63) is 60.3 Å². The van der Waals surface area contributed by atoms with Gasteiger partial charge < -0.3 is 14.6 Å². The third-order valence-corrected chi connectivity index (χ3v) is 6.16. The van der Waals surface area contributed by atoms with Crippen LogP contribution in [0.1, 0.15) is 5.69 Å². The Kier molecular flexibility index (Phi) is 5.59. The van der Waals surface area contributed by atoms with Crippen molar-refractivity contribution >= 4 is 39.2 Å². The number of carbonyl (C=O) groups excluding carboxylic acids is 1. The number of methoxy groups -OCH3 is 1. The molecule has 2 aromatic heterocycles. The van der Waals surface area contributed by atoms with Crippen LogP contribution in [0.2, 0.25) is 0 Å². The highest BCUT2D eigenvalue weighted by Crippen LogP contribution is 2.29. The number of thiazole rings is 1. The van der Waals surface area contributed by atoms with E-state index in [0.29, 0.717) is 23.8 Å². The lowest BCUT2D eigenvalue weighted by Gasteiger charge is -2.01. The maximum atomic E-state index is 12.1. The molecule has 28 heavy (non-hydrogen) atoms. The summed E-state index contributed by atoms with van der Waals surface area (Å²) in [6, 6.07) is 17.3. The van der Waals surface area contributed by atoms with Crippen molar-refractivity contribution in [1.82, 2.24) is 15.5 Å². The molecular formula is C20H17N3O3S2. The first-order chi connectivity index (χ1) is 13.7. The first kappa shape index (κ1) is 18.5. The molecule has 0 atom stereocenters. The summed E-state index contributed by atoms with van der Waals surface area (Å²) in [7, 11) is 1.62. The second-order valence-electron chi connectivity index (χ2n) is 5.93. The van der Waals surface area contributed by atoms with Crippen LogP contribution in [0.5, 0.6) is 5.75 Å². The lowest BCUT2D eigenvalue weighted by Crippen LogP contribution is -2.24. The first-order valence-electron chi connectivity index (χ1n) is 8.56. The van der Waals surface area contributed by atoms with Crippen LogP contribution in [0.25, 0.3) is 21.5 Å². The largest absolute Gasteiger partial charge is 0.497 e. The number of rotatable bonds is 7. The quantitative estimate of drug-likeness (QED) is 0.455. The highest BCUT2D eigenvalue weighted by molar-refractivity contribution is 8.01. The number of para-hydroxylation sites is 1. The molecule has 4 aromatic rings. The SMILES string of the molecule is COc1cccc(-c2cc(CNC(=O)CSc3nc4ccccc4s3)no2)c1. The maximum absolute atomic E-state index is 12.1. The van der Waals surface area contributed by atoms with Crippen LogP contribution < -0.4 is 10.1 Å². The van der Waals surface area contributed by atoms with Gasteiger partial charge in [0.25, 0.3) is 0 Å². The number of nitrogens with one attached hydrogen (secondary N) is 1. The molecule has 4 rings (SSSR count). The van der Waals surface area contributed by atoms with Gasteiger partial charge in [-0.25, -0.2) is 4.98 Å². The number of hydrogen-bond acceptors (Lipinski definition) is 7. The average Bonchev–Trinajstić information content (AvgIpc) is 3.37. The minimum atomic E-state index is -0.0739. The molecule has 0 radical (unpaired) electrons. The smallest absolute Gasteiger partial charge is 0.230 e. The van der Waals surface area contributed by atoms with Crippen LogP contribution >= 0.6 is 23.1 Å². The van der Waals surface area contributed by atoms with Gasteiger partial charge in [0.1, 0.15) is 11.4 Å². The zero-order chi connectivity index (χ0) is 19.3. The number of amides is 1. The van der Waals surface area contributed by atoms with Crippen molar-refractivity contribution in [3.8, 4) is 17.1 Å². The second-order valence-corrected chi connectivity index (χ2v) is 8.18. The molecule has 0 aliphatic rings. The maximum Gasteiger partial charge on any atom is 0.230 e. The summed E-state index contributed by atoms with van der Waals surface area (Å²) >= 11 is 3.03. The molecule has 0 spiro atoms. The van der Waals surface area contributed by atoms with Crippen LogP contribution in [0.15, 0.2) is 63.5 Å². The van der Waals surface area contributed by atoms with Gasteiger partial charge in [0.05, 0.1) is 29.6 Å². The first-order valence-corrected chi connectivity index (χ1v) is 10.4. The molecule has 6 nitrogen and oxygen atoms in total. The summed E-state index contributed by atoms with van der Waals surface area (Å²) in [5.74, 6) is 1.61. The minimum Gasteiger partial charge on any atom is -0.497 e. The van der Waals surface area contributed by atoms with Gasteiger partial charge in [0, 0.05) is 11.6 Å². The van der Waals surface area contributed by atoms with Crippen molar-refractivity contribution < 1.29 is 14.1 Å². The fourth-order valence-electron chi connectivity index (χ4n) is 2.59. The Morgan fingerprint density at radius 3 is 2.96 bits per heavy atom. The summed E-state index contributed by atoms with van der Waals surface area (Å²) in [5.41, 5.74) is 2.50. The Bertz CT molecular complexity index is 1070. The normalized spacial score (nSPS) is 10.9. The van der Waals surface area contributed by atoms with Crippen molar-refractivity contribution in [1.29, 1.82) is 0 Å². The van der Waals surface area contributed by atoms with Crippen molar-refractivity contribution in [2.45, 2.75) is 10.9 Å². The topological polar surface area (TPSA) is 77.2 Å². The Balaban J connectivity index is 1.30. The number of fused-ring (bicyclic) bond motifs is 1. The molecule has 0 aliphatic carbocycles. The molecule has 1 N–H and O–H groups in total. The predicted octanol–water partition coefficient (Wildman–Crippen LogP) is 4.37. The minimum absolute atomic E-state index is 0.0739. The lowest BCUT2D eigenvalue weighted by atomic mass is 10.1. The van der Waals surface area contributed by atoms with E-state index in [9.17, 15) is 4.79 Å². The predicted molar refractivity (Wildman–Crippen MR) is 111 cm³/mol. The van der Waals surface area contributed by atoms with E-state index in [2.05, 4.69) is 15.5 Å². The van der Waals surface area contributed by atoms with Gasteiger partial charge in [-0.15, -0.1) is 11.3 Å². The summed E-state index contributed by atoms with van der Waals surface area (Å²) in [4.78, 5) is 16.7. The van der Waals surface area contributed by atoms with Gasteiger partial charge in [-0.05, 0) is 24.3 Å². The molecule has 2 aromatic carbocycles. The van der Waals surface area contributed by atoms with Gasteiger partial charge in [0.2, 0.25) is 5.91 Å². The van der Waals surface area contributed by atoms with E-state index in [4.69, 9.17) is 9.26 Å². The molecule has 0 saturated carbocycles. The van der Waals surface area contributed by atoms with Crippen molar-refractivity contribution in [2.24, 2.45) is 0 Å². The van der Waals surface area contributed by atoms with Crippen LogP contribution in [-0.4, -0.2) is 28.9 Å². The number of ether oxygens (including phenoxy) is 1. The van der Waals surface area contributed by atoms with Crippen LogP contribution in [-0.2, 0) is 11.3 Å².